The van der Waals surface area contributed by atoms with Crippen LogP contribution in [-0.2, 0) is 24.0 Å². The van der Waals surface area contributed by atoms with Crippen LogP contribution < -0.4 is 4.90 Å². The molecule has 16 nitrogen and oxygen atoms in total. The summed E-state index contributed by atoms with van der Waals surface area (Å²) in [5.41, 5.74) is 11.4. The predicted molar refractivity (Wildman–Crippen MR) is 346 cm³/mol. The maximum absolute atomic E-state index is 11.7. The summed E-state index contributed by atoms with van der Waals surface area (Å²) >= 11 is 0. The van der Waals surface area contributed by atoms with Crippen LogP contribution >= 0.6 is 0 Å². The fraction of sp³-hybridized carbons (Fsp3) is 0.0263. The second kappa shape index (κ2) is 28.7. The first kappa shape index (κ1) is 62.8. The molecule has 0 aliphatic rings. The number of nitriles is 5. The lowest BCUT2D eigenvalue weighted by Gasteiger charge is -2.26. The number of carboxylic acids is 5. The van der Waals surface area contributed by atoms with Crippen molar-refractivity contribution in [3.63, 3.8) is 0 Å². The van der Waals surface area contributed by atoms with Gasteiger partial charge < -0.3 is 30.4 Å². The topological polar surface area (TPSA) is 309 Å². The van der Waals surface area contributed by atoms with Crippen LogP contribution in [0.3, 0.4) is 0 Å². The van der Waals surface area contributed by atoms with Crippen LogP contribution in [-0.4, -0.2) is 55.4 Å². The summed E-state index contributed by atoms with van der Waals surface area (Å²) in [5.74, 6) is -7.46. The van der Waals surface area contributed by atoms with Gasteiger partial charge in [0.2, 0.25) is 0 Å². The van der Waals surface area contributed by atoms with E-state index < -0.39 is 57.7 Å². The molecule has 0 bridgehead atoms. The summed E-state index contributed by atoms with van der Waals surface area (Å²) in [5, 5.41) is 94.3. The molecule has 0 fully saturated rings. The lowest BCUT2D eigenvalue weighted by atomic mass is 9.84. The molecule has 9 rings (SSSR count). The summed E-state index contributed by atoms with van der Waals surface area (Å²) in [6, 6.07) is 76.0. The fourth-order valence-corrected chi connectivity index (χ4v) is 10.3. The highest BCUT2D eigenvalue weighted by molar-refractivity contribution is 5.99. The van der Waals surface area contributed by atoms with Crippen LogP contribution in [0.4, 0.5) is 17.1 Å². The predicted octanol–water partition coefficient (Wildman–Crippen LogP) is 14.8. The van der Waals surface area contributed by atoms with E-state index in [0.717, 1.165) is 72.7 Å². The van der Waals surface area contributed by atoms with Gasteiger partial charge in [0, 0.05) is 28.9 Å². The second-order valence-electron chi connectivity index (χ2n) is 20.7. The normalized spacial score (nSPS) is 12.0. The molecule has 0 saturated heterocycles. The Morgan fingerprint density at radius 1 is 0.261 bits per heavy atom. The molecule has 1 atom stereocenters. The van der Waals surface area contributed by atoms with E-state index in [1.807, 2.05) is 163 Å². The molecule has 5 N–H and O–H groups in total. The van der Waals surface area contributed by atoms with Crippen molar-refractivity contribution in [1.82, 2.24) is 0 Å². The van der Waals surface area contributed by atoms with Crippen LogP contribution in [0.2, 0.25) is 0 Å². The molecule has 9 aromatic rings. The van der Waals surface area contributed by atoms with Crippen molar-refractivity contribution in [3.8, 4) is 52.6 Å². The number of nitrogens with zero attached hydrogens (tertiary/aromatic N) is 6. The van der Waals surface area contributed by atoms with Gasteiger partial charge in [-0.1, -0.05) is 182 Å². The molecule has 0 saturated carbocycles. The summed E-state index contributed by atoms with van der Waals surface area (Å²) < 4.78 is 0. The summed E-state index contributed by atoms with van der Waals surface area (Å²) in [6.07, 6.45) is 6.44. The van der Waals surface area contributed by atoms with Gasteiger partial charge in [-0.2, -0.15) is 26.3 Å². The summed E-state index contributed by atoms with van der Waals surface area (Å²) in [7, 11) is 0. The zero-order chi connectivity index (χ0) is 65.4. The van der Waals surface area contributed by atoms with Crippen molar-refractivity contribution in [1.29, 1.82) is 26.3 Å². The molecule has 0 aliphatic carbocycles. The van der Waals surface area contributed by atoms with E-state index in [1.165, 1.54) is 30.4 Å². The van der Waals surface area contributed by atoms with Crippen molar-refractivity contribution in [2.75, 3.05) is 4.90 Å². The Kier molecular flexibility index (Phi) is 19.6. The van der Waals surface area contributed by atoms with Gasteiger partial charge in [0.15, 0.2) is 0 Å². The lowest BCUT2D eigenvalue weighted by molar-refractivity contribution is -0.133. The van der Waals surface area contributed by atoms with Crippen LogP contribution in [0, 0.1) is 56.7 Å². The Bertz CT molecular complexity index is 4270. The quantitative estimate of drug-likeness (QED) is 0.0254. The summed E-state index contributed by atoms with van der Waals surface area (Å²) in [6.45, 7) is 0. The number of rotatable bonds is 21. The number of benzene rings is 9. The third-order valence-electron chi connectivity index (χ3n) is 14.9. The molecule has 16 heteroatoms. The first-order valence-corrected chi connectivity index (χ1v) is 27.9. The molecule has 0 aliphatic heterocycles. The molecule has 92 heavy (non-hydrogen) atoms. The van der Waals surface area contributed by atoms with E-state index >= 15 is 0 Å². The largest absolute Gasteiger partial charge is 0.477 e. The molecule has 0 heterocycles. The number of aliphatic carboxylic acids is 5. The van der Waals surface area contributed by atoms with Crippen LogP contribution in [0.1, 0.15) is 73.0 Å². The van der Waals surface area contributed by atoms with Gasteiger partial charge in [-0.3, -0.25) is 0 Å². The van der Waals surface area contributed by atoms with E-state index in [0.29, 0.717) is 27.8 Å². The van der Waals surface area contributed by atoms with Gasteiger partial charge >= 0.3 is 29.8 Å². The standard InChI is InChI=1S/C76H48N6O10/c77-42-62(72(83)84)37-47-1-11-56(12-2-47)70(57-13-3-48(4-14-57)38-63(43-78)73(85)86)60-23-19-52(20-24-60)54-27-33-68(34-28-54)82(67-31-9-51(10-32-67)41-66(46-81)76(91)92)69-35-29-55(30-36-69)53-21-25-61(26-22-53)71(58-15-5-49(6-16-58)39-64(44-79)74(87)88)59-17-7-50(8-18-59)40-65(45-80)75(89)90/h1-41,70-71H,(H,83,84)(H,85,86)(H,87,88)(H,89,90)(H,91,92)/b62-37-,63-38+,64-39+,65-40+,66-41-. The Balaban J connectivity index is 1.03. The van der Waals surface area contributed by atoms with Gasteiger partial charge in [-0.15, -0.1) is 0 Å². The van der Waals surface area contributed by atoms with E-state index in [9.17, 15) is 75.8 Å². The highest BCUT2D eigenvalue weighted by atomic mass is 16.4. The number of carbonyl (C=O) groups is 5. The van der Waals surface area contributed by atoms with Gasteiger partial charge in [0.05, 0.1) is 0 Å². The third-order valence-corrected chi connectivity index (χ3v) is 14.9. The second-order valence-corrected chi connectivity index (χ2v) is 20.7. The Morgan fingerprint density at radius 2 is 0.413 bits per heavy atom. The first-order chi connectivity index (χ1) is 44.5. The smallest absolute Gasteiger partial charge is 0.346 e. The maximum Gasteiger partial charge on any atom is 0.346 e. The minimum Gasteiger partial charge on any atom is -0.477 e. The molecule has 1 unspecified atom stereocenters. The maximum atomic E-state index is 11.7. The van der Waals surface area contributed by atoms with Crippen molar-refractivity contribution in [2.24, 2.45) is 0 Å². The first-order valence-electron chi connectivity index (χ1n) is 27.9. The Hall–Kier alpha value is -13.7. The zero-order valence-electron chi connectivity index (χ0n) is 48.3. The molecule has 442 valence electrons. The Morgan fingerprint density at radius 3 is 0.587 bits per heavy atom. The van der Waals surface area contributed by atoms with Gasteiger partial charge in [-0.05, 0) is 150 Å². The minimum atomic E-state index is -1.35. The van der Waals surface area contributed by atoms with E-state index in [-0.39, 0.29) is 11.8 Å². The van der Waals surface area contributed by atoms with Gasteiger partial charge in [0.25, 0.3) is 0 Å². The lowest BCUT2D eigenvalue weighted by Crippen LogP contribution is -2.10. The van der Waals surface area contributed by atoms with Crippen LogP contribution in [0.25, 0.3) is 52.6 Å². The third kappa shape index (κ3) is 14.9. The number of anilines is 3. The SMILES string of the molecule is N#C/C(=C/c1ccc(C(c2ccc(/C=C(\C#N)C(=O)O)cc2)c2ccc(-c3ccc(N(c4ccc(/C=C(/C#N)C(=O)O)cc4)c4ccc(-c5ccc(C(c6ccc(/C=C(\C#N)C(=O)O)cc6)c6ccc(/C=C(\C#N)C(=O)O)cc6)cc5)cc4)cc3)cc2)cc1)C(=O)O. The zero-order valence-corrected chi connectivity index (χ0v) is 48.3. The average Bonchev–Trinajstić information content (AvgIpc) is 0.839. The van der Waals surface area contributed by atoms with E-state index in [4.69, 9.17) is 0 Å². The Labute approximate surface area is 527 Å². The van der Waals surface area contributed by atoms with Crippen LogP contribution in [0.15, 0.2) is 246 Å². The highest BCUT2D eigenvalue weighted by Gasteiger charge is 2.22. The van der Waals surface area contributed by atoms with Gasteiger partial charge in [0.1, 0.15) is 58.2 Å². The van der Waals surface area contributed by atoms with Crippen molar-refractivity contribution in [3.05, 3.63) is 307 Å². The molecular weight excluding hydrogens is 1160 g/mol. The van der Waals surface area contributed by atoms with Crippen molar-refractivity contribution < 1.29 is 49.5 Å². The molecule has 0 aromatic heterocycles. The highest BCUT2D eigenvalue weighted by Crippen LogP contribution is 2.40. The molecule has 9 aromatic carbocycles. The average molecular weight is 1210 g/mol. The van der Waals surface area contributed by atoms with Crippen molar-refractivity contribution >= 4 is 77.3 Å². The molecule has 0 amide bonds. The number of hydrogen-bond acceptors (Lipinski definition) is 11. The fourth-order valence-electron chi connectivity index (χ4n) is 10.3. The van der Waals surface area contributed by atoms with E-state index in [2.05, 4.69) is 0 Å². The van der Waals surface area contributed by atoms with Crippen molar-refractivity contribution in [2.45, 2.75) is 11.8 Å². The molecular formula is C76H48N6O10. The minimum absolute atomic E-state index is 0.362. The number of carboxylic acid groups (broad SMARTS) is 5. The van der Waals surface area contributed by atoms with Gasteiger partial charge in [-0.25, -0.2) is 24.0 Å². The van der Waals surface area contributed by atoms with E-state index in [1.54, 1.807) is 91.0 Å². The monoisotopic (exact) mass is 1200 g/mol. The number of hydrogen-bond donors (Lipinski definition) is 5. The molecule has 0 radical (unpaired) electrons. The molecule has 0 spiro atoms. The summed E-state index contributed by atoms with van der Waals surface area (Å²) in [4.78, 5) is 60.1. The van der Waals surface area contributed by atoms with Crippen LogP contribution in [0.5, 0.6) is 0 Å².